The van der Waals surface area contributed by atoms with Crippen molar-refractivity contribution in [3.8, 4) is 0 Å². The first kappa shape index (κ1) is 7.53. The zero-order valence-corrected chi connectivity index (χ0v) is 7.57. The molecule has 0 aliphatic rings. The van der Waals surface area contributed by atoms with Crippen LogP contribution in [0.25, 0.3) is 11.0 Å². The van der Waals surface area contributed by atoms with Crippen LogP contribution in [-0.2, 0) is 0 Å². The van der Waals surface area contributed by atoms with Gasteiger partial charge in [-0.25, -0.2) is 0 Å². The molecule has 2 heterocycles. The number of nitrogens with one attached hydrogen (secondary N) is 1. The summed E-state index contributed by atoms with van der Waals surface area (Å²) < 4.78 is 0. The molecule has 0 spiro atoms. The van der Waals surface area contributed by atoms with Gasteiger partial charge in [-0.15, -0.1) is 24.0 Å². The fraction of sp³-hybridized carbons (Fsp3) is 0. The van der Waals surface area contributed by atoms with Crippen molar-refractivity contribution in [3.63, 3.8) is 0 Å². The Morgan fingerprint density at radius 3 is 3.00 bits per heavy atom. The molecule has 2 nitrogen and oxygen atoms in total. The SMILES string of the molecule is I.c1cnc2cc[nH]c2c1. The maximum Gasteiger partial charge on any atom is 0.0878 e. The lowest BCUT2D eigenvalue weighted by Gasteiger charge is -1.82. The van der Waals surface area contributed by atoms with E-state index in [1.165, 1.54) is 0 Å². The van der Waals surface area contributed by atoms with Gasteiger partial charge in [0.2, 0.25) is 0 Å². The number of hydrogen-bond acceptors (Lipinski definition) is 1. The third kappa shape index (κ3) is 1.13. The van der Waals surface area contributed by atoms with Gasteiger partial charge in [0, 0.05) is 12.4 Å². The summed E-state index contributed by atoms with van der Waals surface area (Å²) in [5, 5.41) is 0. The molecule has 0 aliphatic heterocycles. The zero-order valence-electron chi connectivity index (χ0n) is 5.24. The Kier molecular flexibility index (Phi) is 2.26. The first-order valence-corrected chi connectivity index (χ1v) is 2.85. The van der Waals surface area contributed by atoms with Crippen molar-refractivity contribution in [1.82, 2.24) is 9.97 Å². The fourth-order valence-electron chi connectivity index (χ4n) is 0.883. The Morgan fingerprint density at radius 1 is 1.30 bits per heavy atom. The Hall–Kier alpha value is -0.580. The minimum atomic E-state index is 0. The van der Waals surface area contributed by atoms with Crippen LogP contribution in [0.15, 0.2) is 30.6 Å². The number of aromatic amines is 1. The van der Waals surface area contributed by atoms with E-state index in [9.17, 15) is 0 Å². The van der Waals surface area contributed by atoms with Crippen LogP contribution < -0.4 is 0 Å². The predicted molar refractivity (Wildman–Crippen MR) is 51.5 cm³/mol. The van der Waals surface area contributed by atoms with Crippen molar-refractivity contribution in [2.45, 2.75) is 0 Å². The second-order valence-electron chi connectivity index (χ2n) is 1.91. The highest BCUT2D eigenvalue weighted by Crippen LogP contribution is 2.05. The number of fused-ring (bicyclic) bond motifs is 1. The Bertz CT molecular complexity index is 286. The van der Waals surface area contributed by atoms with E-state index in [1.807, 2.05) is 24.4 Å². The molecule has 10 heavy (non-hydrogen) atoms. The summed E-state index contributed by atoms with van der Waals surface area (Å²) in [7, 11) is 0. The van der Waals surface area contributed by atoms with Gasteiger partial charge in [-0.2, -0.15) is 0 Å². The van der Waals surface area contributed by atoms with Crippen molar-refractivity contribution < 1.29 is 0 Å². The van der Waals surface area contributed by atoms with Crippen LogP contribution >= 0.6 is 24.0 Å². The van der Waals surface area contributed by atoms with Gasteiger partial charge in [-0.3, -0.25) is 4.98 Å². The molecule has 0 fully saturated rings. The van der Waals surface area contributed by atoms with Gasteiger partial charge in [0.15, 0.2) is 0 Å². The molecule has 0 atom stereocenters. The Labute approximate surface area is 75.7 Å². The summed E-state index contributed by atoms with van der Waals surface area (Å²) in [5.41, 5.74) is 2.12. The molecular weight excluding hydrogens is 239 g/mol. The third-order valence-electron chi connectivity index (χ3n) is 1.32. The molecule has 0 saturated heterocycles. The highest BCUT2D eigenvalue weighted by atomic mass is 127. The minimum absolute atomic E-state index is 0. The molecule has 0 bridgehead atoms. The van der Waals surface area contributed by atoms with E-state index in [4.69, 9.17) is 0 Å². The molecule has 2 rings (SSSR count). The monoisotopic (exact) mass is 246 g/mol. The summed E-state index contributed by atoms with van der Waals surface area (Å²) in [6, 6.07) is 5.87. The lowest BCUT2D eigenvalue weighted by molar-refractivity contribution is 1.41. The Balaban J connectivity index is 0.000000500. The topological polar surface area (TPSA) is 28.7 Å². The molecule has 0 aromatic carbocycles. The van der Waals surface area contributed by atoms with Crippen LogP contribution in [0.1, 0.15) is 0 Å². The Morgan fingerprint density at radius 2 is 2.20 bits per heavy atom. The molecular formula is C7H7IN2. The standard InChI is InChI=1S/C7H6N2.HI/c1-2-6-7(8-4-1)3-5-9-6;/h1-5,9H;1H. The molecule has 1 N–H and O–H groups in total. The molecule has 2 aromatic rings. The van der Waals surface area contributed by atoms with Crippen LogP contribution in [0.2, 0.25) is 0 Å². The first-order valence-electron chi connectivity index (χ1n) is 2.85. The van der Waals surface area contributed by atoms with Gasteiger partial charge in [0.25, 0.3) is 0 Å². The van der Waals surface area contributed by atoms with Crippen molar-refractivity contribution in [1.29, 1.82) is 0 Å². The molecule has 0 unspecified atom stereocenters. The number of rotatable bonds is 0. The smallest absolute Gasteiger partial charge is 0.0878 e. The van der Waals surface area contributed by atoms with Crippen LogP contribution in [0, 0.1) is 0 Å². The maximum absolute atomic E-state index is 4.11. The van der Waals surface area contributed by atoms with Crippen molar-refractivity contribution in [3.05, 3.63) is 30.6 Å². The quantitative estimate of drug-likeness (QED) is 0.709. The predicted octanol–water partition coefficient (Wildman–Crippen LogP) is 2.18. The van der Waals surface area contributed by atoms with Gasteiger partial charge in [0.05, 0.1) is 11.0 Å². The highest BCUT2D eigenvalue weighted by molar-refractivity contribution is 14.0. The largest absolute Gasteiger partial charge is 0.360 e. The average Bonchev–Trinajstić information content (AvgIpc) is 2.33. The van der Waals surface area contributed by atoms with E-state index in [1.54, 1.807) is 6.20 Å². The van der Waals surface area contributed by atoms with E-state index in [2.05, 4.69) is 9.97 Å². The zero-order chi connectivity index (χ0) is 6.10. The third-order valence-corrected chi connectivity index (χ3v) is 1.32. The fourth-order valence-corrected chi connectivity index (χ4v) is 0.883. The highest BCUT2D eigenvalue weighted by Gasteiger charge is 1.88. The summed E-state index contributed by atoms with van der Waals surface area (Å²) in [4.78, 5) is 7.17. The summed E-state index contributed by atoms with van der Waals surface area (Å²) in [6.45, 7) is 0. The molecule has 2 aromatic heterocycles. The van der Waals surface area contributed by atoms with E-state index < -0.39 is 0 Å². The first-order chi connectivity index (χ1) is 4.47. The molecule has 0 aliphatic carbocycles. The molecule has 52 valence electrons. The van der Waals surface area contributed by atoms with E-state index in [0.29, 0.717) is 0 Å². The van der Waals surface area contributed by atoms with Crippen LogP contribution in [0.4, 0.5) is 0 Å². The van der Waals surface area contributed by atoms with Crippen molar-refractivity contribution in [2.75, 3.05) is 0 Å². The summed E-state index contributed by atoms with van der Waals surface area (Å²) in [5.74, 6) is 0. The number of pyridine rings is 1. The molecule has 0 saturated carbocycles. The molecule has 0 radical (unpaired) electrons. The average molecular weight is 246 g/mol. The van der Waals surface area contributed by atoms with Crippen LogP contribution in [0.5, 0.6) is 0 Å². The second kappa shape index (κ2) is 3.01. The summed E-state index contributed by atoms with van der Waals surface area (Å²) >= 11 is 0. The normalized spacial score (nSPS) is 9.20. The number of H-pyrrole nitrogens is 1. The van der Waals surface area contributed by atoms with Gasteiger partial charge in [-0.1, -0.05) is 0 Å². The van der Waals surface area contributed by atoms with Gasteiger partial charge < -0.3 is 4.98 Å². The van der Waals surface area contributed by atoms with E-state index >= 15 is 0 Å². The van der Waals surface area contributed by atoms with Crippen molar-refractivity contribution in [2.24, 2.45) is 0 Å². The molecule has 0 amide bonds. The number of halogens is 1. The summed E-state index contributed by atoms with van der Waals surface area (Å²) in [6.07, 6.45) is 3.67. The number of nitrogens with zero attached hydrogens (tertiary/aromatic N) is 1. The maximum atomic E-state index is 4.11. The number of aromatic nitrogens is 2. The molecule has 3 heteroatoms. The lowest BCUT2D eigenvalue weighted by Crippen LogP contribution is -1.68. The van der Waals surface area contributed by atoms with Gasteiger partial charge in [-0.05, 0) is 18.2 Å². The second-order valence-corrected chi connectivity index (χ2v) is 1.91. The van der Waals surface area contributed by atoms with E-state index in [-0.39, 0.29) is 24.0 Å². The van der Waals surface area contributed by atoms with Crippen LogP contribution in [-0.4, -0.2) is 9.97 Å². The van der Waals surface area contributed by atoms with Crippen LogP contribution in [0.3, 0.4) is 0 Å². The lowest BCUT2D eigenvalue weighted by atomic mass is 10.4. The number of hydrogen-bond donors (Lipinski definition) is 1. The van der Waals surface area contributed by atoms with E-state index in [0.717, 1.165) is 11.0 Å². The van der Waals surface area contributed by atoms with Crippen molar-refractivity contribution >= 4 is 35.0 Å². The minimum Gasteiger partial charge on any atom is -0.360 e. The van der Waals surface area contributed by atoms with Gasteiger partial charge in [0.1, 0.15) is 0 Å². The van der Waals surface area contributed by atoms with Gasteiger partial charge >= 0.3 is 0 Å².